The normalized spacial score (nSPS) is 37.5. The van der Waals surface area contributed by atoms with Gasteiger partial charge in [-0.15, -0.1) is 0 Å². The first kappa shape index (κ1) is 14.3. The molecule has 0 amide bonds. The first-order chi connectivity index (χ1) is 8.74. The molecule has 2 aliphatic rings. The van der Waals surface area contributed by atoms with Gasteiger partial charge in [0.2, 0.25) is 0 Å². The minimum atomic E-state index is 0.0154. The Labute approximate surface area is 112 Å². The molecule has 2 fully saturated rings. The van der Waals surface area contributed by atoms with Crippen molar-refractivity contribution in [3.05, 3.63) is 0 Å². The smallest absolute Gasteiger partial charge is 0.0613 e. The molecule has 0 radical (unpaired) electrons. The first-order valence-electron chi connectivity index (χ1n) is 7.86. The molecular formula is C15H30N2O. The van der Waals surface area contributed by atoms with E-state index in [9.17, 15) is 5.11 Å². The van der Waals surface area contributed by atoms with Crippen LogP contribution in [0.1, 0.15) is 58.8 Å². The van der Waals surface area contributed by atoms with E-state index in [4.69, 9.17) is 0 Å². The largest absolute Gasteiger partial charge is 0.394 e. The van der Waals surface area contributed by atoms with Crippen LogP contribution in [-0.4, -0.2) is 47.3 Å². The maximum absolute atomic E-state index is 9.75. The maximum Gasteiger partial charge on any atom is 0.0613 e. The molecule has 3 heteroatoms. The molecule has 1 aliphatic carbocycles. The molecule has 3 atom stereocenters. The standard InChI is InChI=1S/C15H30N2O/c1-3-9-16-15(12-18)8-7-14(11-15)17-10-5-6-13(17)4-2/h13-14,16,18H,3-12H2,1-2H3. The molecule has 18 heavy (non-hydrogen) atoms. The van der Waals surface area contributed by atoms with Crippen LogP contribution in [0.25, 0.3) is 0 Å². The number of hydrogen-bond donors (Lipinski definition) is 2. The zero-order chi connectivity index (χ0) is 13.0. The van der Waals surface area contributed by atoms with Crippen molar-refractivity contribution in [1.29, 1.82) is 0 Å². The van der Waals surface area contributed by atoms with Crippen LogP contribution in [0.3, 0.4) is 0 Å². The number of nitrogens with zero attached hydrogens (tertiary/aromatic N) is 1. The van der Waals surface area contributed by atoms with Crippen molar-refractivity contribution >= 4 is 0 Å². The molecule has 1 aliphatic heterocycles. The Kier molecular flexibility index (Phi) is 5.05. The molecule has 2 N–H and O–H groups in total. The highest BCUT2D eigenvalue weighted by molar-refractivity contribution is 5.01. The summed E-state index contributed by atoms with van der Waals surface area (Å²) in [6, 6.07) is 1.50. The summed E-state index contributed by atoms with van der Waals surface area (Å²) < 4.78 is 0. The van der Waals surface area contributed by atoms with Gasteiger partial charge < -0.3 is 10.4 Å². The Morgan fingerprint density at radius 3 is 2.83 bits per heavy atom. The second-order valence-corrected chi connectivity index (χ2v) is 6.20. The predicted octanol–water partition coefficient (Wildman–Crippen LogP) is 2.14. The molecule has 0 aromatic heterocycles. The number of rotatable bonds is 6. The van der Waals surface area contributed by atoms with Gasteiger partial charge in [-0.25, -0.2) is 0 Å². The van der Waals surface area contributed by atoms with Crippen molar-refractivity contribution in [3.8, 4) is 0 Å². The fourth-order valence-corrected chi connectivity index (χ4v) is 3.91. The van der Waals surface area contributed by atoms with Gasteiger partial charge in [-0.3, -0.25) is 4.90 Å². The molecular weight excluding hydrogens is 224 g/mol. The highest BCUT2D eigenvalue weighted by Gasteiger charge is 2.42. The summed E-state index contributed by atoms with van der Waals surface area (Å²) in [6.45, 7) is 7.11. The number of aliphatic hydroxyl groups excluding tert-OH is 1. The van der Waals surface area contributed by atoms with Crippen molar-refractivity contribution in [1.82, 2.24) is 10.2 Å². The van der Waals surface area contributed by atoms with E-state index in [0.29, 0.717) is 12.6 Å². The first-order valence-corrected chi connectivity index (χ1v) is 7.86. The summed E-state index contributed by atoms with van der Waals surface area (Å²) in [7, 11) is 0. The monoisotopic (exact) mass is 254 g/mol. The van der Waals surface area contributed by atoms with Crippen molar-refractivity contribution in [2.75, 3.05) is 19.7 Å². The van der Waals surface area contributed by atoms with E-state index in [1.807, 2.05) is 0 Å². The van der Waals surface area contributed by atoms with Crippen LogP contribution in [0.5, 0.6) is 0 Å². The van der Waals surface area contributed by atoms with E-state index < -0.39 is 0 Å². The Balaban J connectivity index is 1.93. The molecule has 0 aromatic rings. The fourth-order valence-electron chi connectivity index (χ4n) is 3.91. The summed E-state index contributed by atoms with van der Waals surface area (Å²) in [5, 5.41) is 13.3. The van der Waals surface area contributed by atoms with Gasteiger partial charge in [-0.1, -0.05) is 13.8 Å². The lowest BCUT2D eigenvalue weighted by Gasteiger charge is -2.33. The second kappa shape index (κ2) is 6.36. The second-order valence-electron chi connectivity index (χ2n) is 6.20. The fraction of sp³-hybridized carbons (Fsp3) is 1.00. The molecule has 1 saturated carbocycles. The lowest BCUT2D eigenvalue weighted by Crippen LogP contribution is -2.48. The van der Waals surface area contributed by atoms with Crippen molar-refractivity contribution in [3.63, 3.8) is 0 Å². The van der Waals surface area contributed by atoms with Gasteiger partial charge in [0, 0.05) is 17.6 Å². The molecule has 0 spiro atoms. The van der Waals surface area contributed by atoms with Crippen molar-refractivity contribution in [2.24, 2.45) is 0 Å². The minimum Gasteiger partial charge on any atom is -0.394 e. The molecule has 1 heterocycles. The molecule has 0 aromatic carbocycles. The summed E-state index contributed by atoms with van der Waals surface area (Å²) in [4.78, 5) is 2.73. The van der Waals surface area contributed by atoms with Gasteiger partial charge in [0.1, 0.15) is 0 Å². The maximum atomic E-state index is 9.75. The van der Waals surface area contributed by atoms with E-state index in [0.717, 1.165) is 31.8 Å². The minimum absolute atomic E-state index is 0.0154. The van der Waals surface area contributed by atoms with Gasteiger partial charge in [0.05, 0.1) is 6.61 Å². The van der Waals surface area contributed by atoms with E-state index in [1.165, 1.54) is 32.2 Å². The number of nitrogens with one attached hydrogen (secondary N) is 1. The van der Waals surface area contributed by atoms with Gasteiger partial charge in [0.15, 0.2) is 0 Å². The van der Waals surface area contributed by atoms with Crippen LogP contribution in [0.15, 0.2) is 0 Å². The zero-order valence-corrected chi connectivity index (χ0v) is 12.1. The average molecular weight is 254 g/mol. The number of likely N-dealkylation sites (tertiary alicyclic amines) is 1. The number of aliphatic hydroxyl groups is 1. The van der Waals surface area contributed by atoms with Crippen molar-refractivity contribution in [2.45, 2.75) is 76.4 Å². The topological polar surface area (TPSA) is 35.5 Å². The lowest BCUT2D eigenvalue weighted by atomic mass is 9.98. The Morgan fingerprint density at radius 1 is 1.33 bits per heavy atom. The van der Waals surface area contributed by atoms with Crippen LogP contribution in [0.2, 0.25) is 0 Å². The molecule has 1 saturated heterocycles. The Hall–Kier alpha value is -0.120. The van der Waals surface area contributed by atoms with Gasteiger partial charge in [0.25, 0.3) is 0 Å². The van der Waals surface area contributed by atoms with Crippen LogP contribution in [-0.2, 0) is 0 Å². The number of hydrogen-bond acceptors (Lipinski definition) is 3. The van der Waals surface area contributed by atoms with Gasteiger partial charge >= 0.3 is 0 Å². The van der Waals surface area contributed by atoms with Gasteiger partial charge in [-0.05, 0) is 58.0 Å². The van der Waals surface area contributed by atoms with E-state index in [-0.39, 0.29) is 5.54 Å². The van der Waals surface area contributed by atoms with Crippen LogP contribution in [0.4, 0.5) is 0 Å². The quantitative estimate of drug-likeness (QED) is 0.762. The van der Waals surface area contributed by atoms with Crippen molar-refractivity contribution < 1.29 is 5.11 Å². The third kappa shape index (κ3) is 2.89. The summed E-state index contributed by atoms with van der Waals surface area (Å²) in [5.74, 6) is 0. The van der Waals surface area contributed by atoms with E-state index in [1.54, 1.807) is 0 Å². The predicted molar refractivity (Wildman–Crippen MR) is 75.8 cm³/mol. The summed E-state index contributed by atoms with van der Waals surface area (Å²) in [6.07, 6.45) is 8.71. The molecule has 106 valence electrons. The average Bonchev–Trinajstić information content (AvgIpc) is 3.03. The van der Waals surface area contributed by atoms with Gasteiger partial charge in [-0.2, -0.15) is 0 Å². The summed E-state index contributed by atoms with van der Waals surface area (Å²) in [5.41, 5.74) is 0.0154. The molecule has 2 rings (SSSR count). The molecule has 0 bridgehead atoms. The van der Waals surface area contributed by atoms with Crippen LogP contribution >= 0.6 is 0 Å². The van der Waals surface area contributed by atoms with E-state index >= 15 is 0 Å². The zero-order valence-electron chi connectivity index (χ0n) is 12.1. The molecule has 3 unspecified atom stereocenters. The van der Waals surface area contributed by atoms with Crippen LogP contribution in [0, 0.1) is 0 Å². The lowest BCUT2D eigenvalue weighted by molar-refractivity contribution is 0.135. The SMILES string of the molecule is CCCNC1(CO)CCC(N2CCCC2CC)C1. The highest BCUT2D eigenvalue weighted by Crippen LogP contribution is 2.36. The summed E-state index contributed by atoms with van der Waals surface area (Å²) >= 11 is 0. The third-order valence-electron chi connectivity index (χ3n) is 5.00. The van der Waals surface area contributed by atoms with Crippen LogP contribution < -0.4 is 5.32 Å². The third-order valence-corrected chi connectivity index (χ3v) is 5.00. The molecule has 3 nitrogen and oxygen atoms in total. The highest BCUT2D eigenvalue weighted by atomic mass is 16.3. The Bertz CT molecular complexity index is 259. The Morgan fingerprint density at radius 2 is 2.17 bits per heavy atom. The van der Waals surface area contributed by atoms with E-state index in [2.05, 4.69) is 24.1 Å².